The normalized spacial score (nSPS) is 34.6. The van der Waals surface area contributed by atoms with E-state index in [2.05, 4.69) is 5.32 Å². The summed E-state index contributed by atoms with van der Waals surface area (Å²) in [6.07, 6.45) is 0.318. The lowest BCUT2D eigenvalue weighted by molar-refractivity contribution is -0.144. The molecule has 0 spiro atoms. The van der Waals surface area contributed by atoms with E-state index in [1.165, 1.54) is 0 Å². The van der Waals surface area contributed by atoms with Gasteiger partial charge in [-0.05, 0) is 13.8 Å². The third-order valence-corrected chi connectivity index (χ3v) is 3.69. The maximum absolute atomic E-state index is 12.1. The number of carbonyl (C=O) groups excluding carboxylic acids is 1. The molecule has 0 aliphatic carbocycles. The summed E-state index contributed by atoms with van der Waals surface area (Å²) in [7, 11) is 0. The number of ether oxygens (including phenoxy) is 1. The Morgan fingerprint density at radius 2 is 2.00 bits per heavy atom. The summed E-state index contributed by atoms with van der Waals surface area (Å²) >= 11 is 1.79. The molecule has 1 unspecified atom stereocenters. The molecule has 16 heavy (non-hydrogen) atoms. The van der Waals surface area contributed by atoms with Crippen molar-refractivity contribution in [2.24, 2.45) is 0 Å². The Bertz CT molecular complexity index is 239. The molecule has 1 amide bonds. The van der Waals surface area contributed by atoms with Crippen molar-refractivity contribution in [3.05, 3.63) is 0 Å². The van der Waals surface area contributed by atoms with E-state index < -0.39 is 0 Å². The van der Waals surface area contributed by atoms with E-state index >= 15 is 0 Å². The molecule has 2 heterocycles. The first kappa shape index (κ1) is 14.1. The highest BCUT2D eigenvalue weighted by Crippen LogP contribution is 2.16. The van der Waals surface area contributed by atoms with Gasteiger partial charge in [-0.2, -0.15) is 0 Å². The number of amides is 1. The lowest BCUT2D eigenvalue weighted by atomic mass is 10.2. The van der Waals surface area contributed by atoms with Crippen LogP contribution < -0.4 is 5.32 Å². The first-order chi connectivity index (χ1) is 7.16. The van der Waals surface area contributed by atoms with Crippen LogP contribution in [0.1, 0.15) is 13.8 Å². The highest BCUT2D eigenvalue weighted by molar-refractivity contribution is 7.99. The van der Waals surface area contributed by atoms with E-state index in [0.717, 1.165) is 24.7 Å². The van der Waals surface area contributed by atoms with Gasteiger partial charge in [-0.15, -0.1) is 24.2 Å². The first-order valence-electron chi connectivity index (χ1n) is 5.42. The molecule has 0 aromatic heterocycles. The molecule has 2 aliphatic rings. The fraction of sp³-hybridized carbons (Fsp3) is 0.900. The SMILES string of the molecule is C[C@@H]1CN(C(=O)C2CSCN2)C[C@H](C)O1.Cl. The molecule has 2 aliphatic heterocycles. The topological polar surface area (TPSA) is 41.6 Å². The van der Waals surface area contributed by atoms with Crippen molar-refractivity contribution in [3.63, 3.8) is 0 Å². The Morgan fingerprint density at radius 3 is 2.50 bits per heavy atom. The van der Waals surface area contributed by atoms with Crippen LogP contribution in [0.15, 0.2) is 0 Å². The quantitative estimate of drug-likeness (QED) is 0.759. The van der Waals surface area contributed by atoms with Gasteiger partial charge in [-0.25, -0.2) is 0 Å². The molecule has 0 aromatic rings. The largest absolute Gasteiger partial charge is 0.372 e. The minimum atomic E-state index is 0. The molecule has 2 rings (SSSR count). The molecule has 1 N–H and O–H groups in total. The molecular weight excluding hydrogens is 248 g/mol. The van der Waals surface area contributed by atoms with Crippen LogP contribution in [0, 0.1) is 0 Å². The molecule has 3 atom stereocenters. The van der Waals surface area contributed by atoms with Crippen molar-refractivity contribution in [1.82, 2.24) is 10.2 Å². The summed E-state index contributed by atoms with van der Waals surface area (Å²) in [4.78, 5) is 14.0. The number of hydrogen-bond acceptors (Lipinski definition) is 4. The summed E-state index contributed by atoms with van der Waals surface area (Å²) in [6, 6.07) is 0.0208. The number of rotatable bonds is 1. The molecule has 94 valence electrons. The molecule has 6 heteroatoms. The zero-order chi connectivity index (χ0) is 10.8. The van der Waals surface area contributed by atoms with E-state index in [4.69, 9.17) is 4.74 Å². The van der Waals surface area contributed by atoms with Crippen molar-refractivity contribution < 1.29 is 9.53 Å². The fourth-order valence-electron chi connectivity index (χ4n) is 2.13. The van der Waals surface area contributed by atoms with Crippen LogP contribution in [-0.4, -0.2) is 53.8 Å². The molecule has 4 nitrogen and oxygen atoms in total. The summed E-state index contributed by atoms with van der Waals surface area (Å²) in [5.74, 6) is 2.03. The van der Waals surface area contributed by atoms with Crippen LogP contribution in [0.2, 0.25) is 0 Å². The van der Waals surface area contributed by atoms with E-state index in [-0.39, 0.29) is 36.6 Å². The molecule has 2 fully saturated rings. The minimum absolute atomic E-state index is 0. The van der Waals surface area contributed by atoms with Crippen LogP contribution in [0.3, 0.4) is 0 Å². The van der Waals surface area contributed by atoms with E-state index in [1.807, 2.05) is 18.7 Å². The standard InChI is InChI=1S/C10H18N2O2S.ClH/c1-7-3-12(4-8(2)14-7)10(13)9-5-15-6-11-9;/h7-9,11H,3-6H2,1-2H3;1H/t7-,8+,9?;. The smallest absolute Gasteiger partial charge is 0.240 e. The lowest BCUT2D eigenvalue weighted by Crippen LogP contribution is -2.53. The number of hydrogen-bond donors (Lipinski definition) is 1. The van der Waals surface area contributed by atoms with Crippen LogP contribution in [0.4, 0.5) is 0 Å². The lowest BCUT2D eigenvalue weighted by Gasteiger charge is -2.36. The average Bonchev–Trinajstić information content (AvgIpc) is 2.67. The zero-order valence-corrected chi connectivity index (χ0v) is 11.3. The fourth-order valence-corrected chi connectivity index (χ4v) is 3.07. The maximum Gasteiger partial charge on any atom is 0.240 e. The highest BCUT2D eigenvalue weighted by Gasteiger charge is 2.31. The second kappa shape index (κ2) is 6.10. The number of thioether (sulfide) groups is 1. The van der Waals surface area contributed by atoms with Gasteiger partial charge in [0.2, 0.25) is 5.91 Å². The van der Waals surface area contributed by atoms with Gasteiger partial charge in [0.15, 0.2) is 0 Å². The maximum atomic E-state index is 12.1. The Kier molecular flexibility index (Phi) is 5.37. The Morgan fingerprint density at radius 1 is 1.38 bits per heavy atom. The highest BCUT2D eigenvalue weighted by atomic mass is 35.5. The number of morpholine rings is 1. The predicted octanol–water partition coefficient (Wildman–Crippen LogP) is 0.706. The van der Waals surface area contributed by atoms with Crippen LogP contribution in [0.25, 0.3) is 0 Å². The van der Waals surface area contributed by atoms with Crippen molar-refractivity contribution in [1.29, 1.82) is 0 Å². The molecule has 0 saturated carbocycles. The van der Waals surface area contributed by atoms with Gasteiger partial charge in [0.1, 0.15) is 0 Å². The molecule has 2 saturated heterocycles. The van der Waals surface area contributed by atoms with Gasteiger partial charge in [0.05, 0.1) is 18.2 Å². The van der Waals surface area contributed by atoms with Gasteiger partial charge in [0.25, 0.3) is 0 Å². The van der Waals surface area contributed by atoms with Gasteiger partial charge >= 0.3 is 0 Å². The Hall–Kier alpha value is 0.0300. The van der Waals surface area contributed by atoms with Gasteiger partial charge < -0.3 is 9.64 Å². The van der Waals surface area contributed by atoms with Gasteiger partial charge in [-0.1, -0.05) is 0 Å². The van der Waals surface area contributed by atoms with Crippen molar-refractivity contribution >= 4 is 30.1 Å². The molecule has 0 radical (unpaired) electrons. The van der Waals surface area contributed by atoms with Crippen molar-refractivity contribution in [3.8, 4) is 0 Å². The monoisotopic (exact) mass is 266 g/mol. The Balaban J connectivity index is 0.00000128. The van der Waals surface area contributed by atoms with Crippen molar-refractivity contribution in [2.75, 3.05) is 24.7 Å². The summed E-state index contributed by atoms with van der Waals surface area (Å²) in [5, 5.41) is 3.21. The van der Waals surface area contributed by atoms with Crippen molar-refractivity contribution in [2.45, 2.75) is 32.1 Å². The van der Waals surface area contributed by atoms with E-state index in [0.29, 0.717) is 0 Å². The summed E-state index contributed by atoms with van der Waals surface area (Å²) in [6.45, 7) is 5.50. The van der Waals surface area contributed by atoms with Crippen LogP contribution in [-0.2, 0) is 9.53 Å². The van der Waals surface area contributed by atoms with Gasteiger partial charge in [-0.3, -0.25) is 10.1 Å². The molecule has 0 aromatic carbocycles. The number of nitrogens with zero attached hydrogens (tertiary/aromatic N) is 1. The van der Waals surface area contributed by atoms with Gasteiger partial charge in [0, 0.05) is 24.7 Å². The zero-order valence-electron chi connectivity index (χ0n) is 9.64. The summed E-state index contributed by atoms with van der Waals surface area (Å²) < 4.78 is 5.61. The third-order valence-electron chi connectivity index (χ3n) is 2.75. The van der Waals surface area contributed by atoms with E-state index in [9.17, 15) is 4.79 Å². The average molecular weight is 267 g/mol. The molecule has 0 bridgehead atoms. The number of carbonyl (C=O) groups is 1. The van der Waals surface area contributed by atoms with Crippen LogP contribution in [0.5, 0.6) is 0 Å². The molecular formula is C10H19ClN2O2S. The number of nitrogens with one attached hydrogen (secondary N) is 1. The number of halogens is 1. The summed E-state index contributed by atoms with van der Waals surface area (Å²) in [5.41, 5.74) is 0. The van der Waals surface area contributed by atoms with E-state index in [1.54, 1.807) is 11.8 Å². The minimum Gasteiger partial charge on any atom is -0.372 e. The predicted molar refractivity (Wildman–Crippen MR) is 68.1 cm³/mol. The van der Waals surface area contributed by atoms with Crippen LogP contribution >= 0.6 is 24.2 Å². The third kappa shape index (κ3) is 3.26. The first-order valence-corrected chi connectivity index (χ1v) is 6.57. The second-order valence-corrected chi connectivity index (χ2v) is 5.30. The Labute approximate surface area is 107 Å². The second-order valence-electron chi connectivity index (χ2n) is 4.27.